The third-order valence-corrected chi connectivity index (χ3v) is 3.79. The lowest BCUT2D eigenvalue weighted by Crippen LogP contribution is -2.15. The molecule has 1 aliphatic heterocycles. The molecule has 0 spiro atoms. The van der Waals surface area contributed by atoms with Crippen LogP contribution in [-0.4, -0.2) is 26.5 Å². The van der Waals surface area contributed by atoms with Gasteiger partial charge < -0.3 is 14.8 Å². The highest BCUT2D eigenvalue weighted by atomic mass is 16.5. The fourth-order valence-corrected chi connectivity index (χ4v) is 2.67. The van der Waals surface area contributed by atoms with E-state index < -0.39 is 0 Å². The third-order valence-electron chi connectivity index (χ3n) is 3.79. The summed E-state index contributed by atoms with van der Waals surface area (Å²) in [6.07, 6.45) is 0. The summed E-state index contributed by atoms with van der Waals surface area (Å²) in [6.45, 7) is 0.623. The van der Waals surface area contributed by atoms with Gasteiger partial charge in [-0.05, 0) is 23.8 Å². The van der Waals surface area contributed by atoms with E-state index in [1.165, 1.54) is 0 Å². The van der Waals surface area contributed by atoms with Gasteiger partial charge in [-0.15, -0.1) is 0 Å². The second-order valence-electron chi connectivity index (χ2n) is 4.99. The monoisotopic (exact) mass is 283 g/mol. The molecule has 21 heavy (non-hydrogen) atoms. The van der Waals surface area contributed by atoms with Crippen molar-refractivity contribution in [3.8, 4) is 11.5 Å². The maximum atomic E-state index is 12.8. The second kappa shape index (κ2) is 5.48. The van der Waals surface area contributed by atoms with Gasteiger partial charge in [-0.3, -0.25) is 4.79 Å². The zero-order valence-electron chi connectivity index (χ0n) is 12.1. The van der Waals surface area contributed by atoms with Gasteiger partial charge in [0.1, 0.15) is 11.5 Å². The molecule has 4 nitrogen and oxygen atoms in total. The van der Waals surface area contributed by atoms with Crippen LogP contribution in [0.25, 0.3) is 0 Å². The van der Waals surface area contributed by atoms with Crippen LogP contribution in [-0.2, 0) is 0 Å². The van der Waals surface area contributed by atoms with E-state index >= 15 is 0 Å². The van der Waals surface area contributed by atoms with E-state index in [9.17, 15) is 4.79 Å². The first-order chi connectivity index (χ1) is 10.2. The van der Waals surface area contributed by atoms with Gasteiger partial charge in [-0.2, -0.15) is 0 Å². The topological polar surface area (TPSA) is 47.6 Å². The van der Waals surface area contributed by atoms with Crippen molar-refractivity contribution in [2.24, 2.45) is 0 Å². The van der Waals surface area contributed by atoms with Crippen molar-refractivity contribution in [3.63, 3.8) is 0 Å². The minimum atomic E-state index is -0.169. The van der Waals surface area contributed by atoms with Crippen LogP contribution >= 0.6 is 0 Å². The van der Waals surface area contributed by atoms with Gasteiger partial charge in [-0.25, -0.2) is 0 Å². The molecule has 3 rings (SSSR count). The molecular formula is C17H17NO3. The van der Waals surface area contributed by atoms with Crippen LogP contribution in [0.2, 0.25) is 0 Å². The molecule has 4 heteroatoms. The first-order valence-electron chi connectivity index (χ1n) is 6.83. The van der Waals surface area contributed by atoms with Crippen LogP contribution < -0.4 is 14.8 Å². The minimum absolute atomic E-state index is 0.0738. The summed E-state index contributed by atoms with van der Waals surface area (Å²) in [6, 6.07) is 13.2. The Morgan fingerprint density at radius 2 is 1.76 bits per heavy atom. The largest absolute Gasteiger partial charge is 0.497 e. The fourth-order valence-electron chi connectivity index (χ4n) is 2.67. The number of hydrogen-bond acceptors (Lipinski definition) is 4. The number of anilines is 1. The lowest BCUT2D eigenvalue weighted by molar-refractivity contribution is 0.0966. The summed E-state index contributed by atoms with van der Waals surface area (Å²) < 4.78 is 10.5. The molecule has 0 saturated heterocycles. The molecule has 1 atom stereocenters. The molecular weight excluding hydrogens is 266 g/mol. The Labute approximate surface area is 123 Å². The van der Waals surface area contributed by atoms with E-state index in [1.54, 1.807) is 32.4 Å². The van der Waals surface area contributed by atoms with Crippen molar-refractivity contribution in [1.82, 2.24) is 0 Å². The molecule has 0 fully saturated rings. The van der Waals surface area contributed by atoms with E-state index in [4.69, 9.17) is 9.47 Å². The Bertz CT molecular complexity index is 659. The summed E-state index contributed by atoms with van der Waals surface area (Å²) >= 11 is 0. The Morgan fingerprint density at radius 3 is 2.43 bits per heavy atom. The SMILES string of the molecule is COc1cc(OC)cc(C(=O)C2CNc3ccccc32)c1. The molecule has 1 aliphatic rings. The quantitative estimate of drug-likeness (QED) is 0.876. The van der Waals surface area contributed by atoms with E-state index in [2.05, 4.69) is 5.32 Å². The number of benzene rings is 2. The minimum Gasteiger partial charge on any atom is -0.497 e. The van der Waals surface area contributed by atoms with Gasteiger partial charge in [0.2, 0.25) is 0 Å². The maximum absolute atomic E-state index is 12.8. The third kappa shape index (κ3) is 2.44. The molecule has 0 aliphatic carbocycles. The summed E-state index contributed by atoms with van der Waals surface area (Å²) in [5.74, 6) is 1.15. The molecule has 1 N–H and O–H groups in total. The smallest absolute Gasteiger partial charge is 0.172 e. The highest BCUT2D eigenvalue weighted by Gasteiger charge is 2.29. The van der Waals surface area contributed by atoms with Crippen molar-refractivity contribution in [3.05, 3.63) is 53.6 Å². The predicted molar refractivity (Wildman–Crippen MR) is 81.5 cm³/mol. The van der Waals surface area contributed by atoms with Crippen LogP contribution in [0.5, 0.6) is 11.5 Å². The lowest BCUT2D eigenvalue weighted by Gasteiger charge is -2.12. The maximum Gasteiger partial charge on any atom is 0.172 e. The zero-order chi connectivity index (χ0) is 14.8. The van der Waals surface area contributed by atoms with Gasteiger partial charge in [-0.1, -0.05) is 18.2 Å². The van der Waals surface area contributed by atoms with Gasteiger partial charge in [0.15, 0.2) is 5.78 Å². The van der Waals surface area contributed by atoms with Crippen molar-refractivity contribution < 1.29 is 14.3 Å². The van der Waals surface area contributed by atoms with E-state index in [0.717, 1.165) is 11.3 Å². The number of hydrogen-bond donors (Lipinski definition) is 1. The fraction of sp³-hybridized carbons (Fsp3) is 0.235. The Morgan fingerprint density at radius 1 is 1.10 bits per heavy atom. The first kappa shape index (κ1) is 13.5. The average molecular weight is 283 g/mol. The highest BCUT2D eigenvalue weighted by Crippen LogP contribution is 2.34. The highest BCUT2D eigenvalue weighted by molar-refractivity contribution is 6.03. The summed E-state index contributed by atoms with van der Waals surface area (Å²) in [5, 5.41) is 3.27. The van der Waals surface area contributed by atoms with Crippen molar-refractivity contribution in [2.45, 2.75) is 5.92 Å². The predicted octanol–water partition coefficient (Wildman–Crippen LogP) is 3.10. The lowest BCUT2D eigenvalue weighted by atomic mass is 9.92. The summed E-state index contributed by atoms with van der Waals surface area (Å²) in [5.41, 5.74) is 2.68. The molecule has 0 saturated carbocycles. The van der Waals surface area contributed by atoms with E-state index in [-0.39, 0.29) is 11.7 Å². The van der Waals surface area contributed by atoms with Gasteiger partial charge >= 0.3 is 0 Å². The number of ketones is 1. The van der Waals surface area contributed by atoms with Crippen molar-refractivity contribution >= 4 is 11.5 Å². The van der Waals surface area contributed by atoms with Gasteiger partial charge in [0.25, 0.3) is 0 Å². The number of methoxy groups -OCH3 is 2. The number of nitrogens with one attached hydrogen (secondary N) is 1. The summed E-state index contributed by atoms with van der Waals surface area (Å²) in [4.78, 5) is 12.8. The van der Waals surface area contributed by atoms with Crippen LogP contribution in [0.15, 0.2) is 42.5 Å². The van der Waals surface area contributed by atoms with E-state index in [0.29, 0.717) is 23.6 Å². The number of rotatable bonds is 4. The van der Waals surface area contributed by atoms with Crippen molar-refractivity contribution in [1.29, 1.82) is 0 Å². The van der Waals surface area contributed by atoms with Crippen molar-refractivity contribution in [2.75, 3.05) is 26.1 Å². The van der Waals surface area contributed by atoms with Crippen LogP contribution in [0.1, 0.15) is 21.8 Å². The standard InChI is InChI=1S/C17H17NO3/c1-20-12-7-11(8-13(9-12)21-2)17(19)15-10-18-16-6-4-3-5-14(15)16/h3-9,15,18H,10H2,1-2H3. The molecule has 1 heterocycles. The Hall–Kier alpha value is -2.49. The molecule has 1 unspecified atom stereocenters. The van der Waals surface area contributed by atoms with E-state index in [1.807, 2.05) is 24.3 Å². The molecule has 0 aromatic heterocycles. The molecule has 2 aromatic carbocycles. The Kier molecular flexibility index (Phi) is 3.52. The molecule has 0 amide bonds. The normalized spacial score (nSPS) is 16.0. The molecule has 0 radical (unpaired) electrons. The average Bonchev–Trinajstić information content (AvgIpc) is 2.97. The number of Topliss-reactive ketones (excluding diaryl/α,β-unsaturated/α-hetero) is 1. The summed E-state index contributed by atoms with van der Waals surface area (Å²) in [7, 11) is 3.16. The number of carbonyl (C=O) groups is 1. The van der Waals surface area contributed by atoms with Crippen LogP contribution in [0.4, 0.5) is 5.69 Å². The molecule has 0 bridgehead atoms. The number of para-hydroxylation sites is 1. The van der Waals surface area contributed by atoms with Crippen LogP contribution in [0.3, 0.4) is 0 Å². The zero-order valence-corrected chi connectivity index (χ0v) is 12.1. The Balaban J connectivity index is 1.96. The molecule has 108 valence electrons. The molecule has 2 aromatic rings. The van der Waals surface area contributed by atoms with Gasteiger partial charge in [0, 0.05) is 23.9 Å². The number of ether oxygens (including phenoxy) is 2. The number of fused-ring (bicyclic) bond motifs is 1. The van der Waals surface area contributed by atoms with Gasteiger partial charge in [0.05, 0.1) is 20.1 Å². The number of carbonyl (C=O) groups excluding carboxylic acids is 1. The first-order valence-corrected chi connectivity index (χ1v) is 6.83. The second-order valence-corrected chi connectivity index (χ2v) is 4.99. The van der Waals surface area contributed by atoms with Crippen LogP contribution in [0, 0.1) is 0 Å².